The van der Waals surface area contributed by atoms with Gasteiger partial charge in [0.2, 0.25) is 0 Å². The van der Waals surface area contributed by atoms with Crippen LogP contribution in [-0.4, -0.2) is 12.6 Å². The number of nitrogens with one attached hydrogen (secondary N) is 2. The van der Waals surface area contributed by atoms with Gasteiger partial charge in [0.05, 0.1) is 0 Å². The molecule has 80 valence electrons. The molecule has 13 heavy (non-hydrogen) atoms. The molecule has 0 rings (SSSR count). The van der Waals surface area contributed by atoms with Crippen LogP contribution in [0.1, 0.15) is 45.4 Å². The quantitative estimate of drug-likeness (QED) is 0.232. The van der Waals surface area contributed by atoms with Gasteiger partial charge in [-0.25, -0.2) is 0 Å². The summed E-state index contributed by atoms with van der Waals surface area (Å²) in [5, 5.41) is 3.07. The highest BCUT2D eigenvalue weighted by molar-refractivity contribution is 7.13. The summed E-state index contributed by atoms with van der Waals surface area (Å²) in [4.78, 5) is 0. The molecule has 0 aliphatic rings. The zero-order chi connectivity index (χ0) is 9.94. The molecular weight excluding hydrogens is 181 g/mol. The minimum absolute atomic E-state index is 0.522. The number of hydrogen-bond donors (Lipinski definition) is 3. The van der Waals surface area contributed by atoms with Gasteiger partial charge in [-0.3, -0.25) is 11.3 Å². The minimum atomic E-state index is 0.522. The van der Waals surface area contributed by atoms with Crippen molar-refractivity contribution in [3.63, 3.8) is 0 Å². The maximum atomic E-state index is 5.43. The average Bonchev–Trinajstić information content (AvgIpc) is 2.16. The van der Waals surface area contributed by atoms with Gasteiger partial charge in [0.15, 0.2) is 0 Å². The Morgan fingerprint density at radius 3 is 2.54 bits per heavy atom. The Morgan fingerprint density at radius 1 is 1.23 bits per heavy atom. The molecule has 0 amide bonds. The Bertz CT molecular complexity index is 101. The highest BCUT2D eigenvalue weighted by Gasteiger charge is 2.03. The minimum Gasteiger partial charge on any atom is -0.301 e. The predicted octanol–water partition coefficient (Wildman–Crippen LogP) is 1.56. The van der Waals surface area contributed by atoms with E-state index in [1.54, 1.807) is 0 Å². The average molecular weight is 205 g/mol. The highest BCUT2D eigenvalue weighted by atomic mass is 31.0. The molecule has 3 nitrogen and oxygen atoms in total. The standard InChI is InChI=1S/C9H24N3P/c1-2-6-9(12-10)7-4-3-5-8-11-13/h9,11-12H,2-8,10,13H2,1H3. The summed E-state index contributed by atoms with van der Waals surface area (Å²) in [6.45, 7) is 3.29. The van der Waals surface area contributed by atoms with Crippen LogP contribution in [0, 0.1) is 0 Å². The van der Waals surface area contributed by atoms with Crippen LogP contribution in [0.5, 0.6) is 0 Å². The smallest absolute Gasteiger partial charge is 0.0210 e. The molecular formula is C9H24N3P. The molecule has 2 unspecified atom stereocenters. The summed E-state index contributed by atoms with van der Waals surface area (Å²) >= 11 is 0. The van der Waals surface area contributed by atoms with Gasteiger partial charge in [-0.05, 0) is 25.8 Å². The Morgan fingerprint density at radius 2 is 2.00 bits per heavy atom. The van der Waals surface area contributed by atoms with Crippen LogP contribution in [0.4, 0.5) is 0 Å². The van der Waals surface area contributed by atoms with Gasteiger partial charge >= 0.3 is 0 Å². The van der Waals surface area contributed by atoms with Gasteiger partial charge in [-0.2, -0.15) is 0 Å². The van der Waals surface area contributed by atoms with Crippen molar-refractivity contribution in [2.24, 2.45) is 5.84 Å². The lowest BCUT2D eigenvalue weighted by atomic mass is 10.0. The normalized spacial score (nSPS) is 13.2. The van der Waals surface area contributed by atoms with Crippen LogP contribution in [-0.2, 0) is 0 Å². The zero-order valence-corrected chi connectivity index (χ0v) is 9.84. The number of hydrogen-bond acceptors (Lipinski definition) is 3. The van der Waals surface area contributed by atoms with Crippen molar-refractivity contribution in [3.8, 4) is 0 Å². The van der Waals surface area contributed by atoms with E-state index in [9.17, 15) is 0 Å². The van der Waals surface area contributed by atoms with E-state index in [1.165, 1.54) is 38.5 Å². The monoisotopic (exact) mass is 205 g/mol. The van der Waals surface area contributed by atoms with Crippen molar-refractivity contribution in [2.45, 2.75) is 51.5 Å². The Labute approximate surface area is 84.5 Å². The maximum absolute atomic E-state index is 5.43. The van der Waals surface area contributed by atoms with E-state index in [1.807, 2.05) is 0 Å². The van der Waals surface area contributed by atoms with Gasteiger partial charge in [0, 0.05) is 6.04 Å². The van der Waals surface area contributed by atoms with Crippen molar-refractivity contribution in [3.05, 3.63) is 0 Å². The van der Waals surface area contributed by atoms with Crippen molar-refractivity contribution >= 4 is 9.39 Å². The fourth-order valence-corrected chi connectivity index (χ4v) is 1.66. The van der Waals surface area contributed by atoms with E-state index in [4.69, 9.17) is 5.84 Å². The van der Waals surface area contributed by atoms with Crippen LogP contribution in [0.3, 0.4) is 0 Å². The molecule has 0 spiro atoms. The Kier molecular flexibility index (Phi) is 10.6. The zero-order valence-electron chi connectivity index (χ0n) is 8.68. The summed E-state index contributed by atoms with van der Waals surface area (Å²) in [5.74, 6) is 5.43. The van der Waals surface area contributed by atoms with Crippen LogP contribution >= 0.6 is 9.39 Å². The van der Waals surface area contributed by atoms with Gasteiger partial charge in [-0.15, -0.1) is 0 Å². The molecule has 0 saturated heterocycles. The van der Waals surface area contributed by atoms with E-state index in [0.717, 1.165) is 6.54 Å². The molecule has 0 radical (unpaired) electrons. The van der Waals surface area contributed by atoms with Gasteiger partial charge in [0.25, 0.3) is 0 Å². The first-order valence-corrected chi connectivity index (χ1v) is 5.82. The molecule has 4 heteroatoms. The second kappa shape index (κ2) is 10.4. The number of hydrazine groups is 1. The molecule has 0 aliphatic heterocycles. The molecule has 4 N–H and O–H groups in total. The fourth-order valence-electron chi connectivity index (χ4n) is 1.45. The molecule has 0 aliphatic carbocycles. The summed E-state index contributed by atoms with van der Waals surface area (Å²) in [7, 11) is 2.53. The summed E-state index contributed by atoms with van der Waals surface area (Å²) in [5.41, 5.74) is 2.87. The fraction of sp³-hybridized carbons (Fsp3) is 1.00. The Hall–Kier alpha value is 0.310. The van der Waals surface area contributed by atoms with Gasteiger partial charge in [0.1, 0.15) is 0 Å². The van der Waals surface area contributed by atoms with E-state index in [0.29, 0.717) is 6.04 Å². The molecule has 0 bridgehead atoms. The molecule has 2 atom stereocenters. The molecule has 0 heterocycles. The van der Waals surface area contributed by atoms with Crippen LogP contribution in [0.2, 0.25) is 0 Å². The first-order valence-electron chi connectivity index (χ1n) is 5.24. The highest BCUT2D eigenvalue weighted by Crippen LogP contribution is 2.07. The van der Waals surface area contributed by atoms with Gasteiger partial charge in [-0.1, -0.05) is 35.6 Å². The molecule has 0 saturated carbocycles. The van der Waals surface area contributed by atoms with E-state index < -0.39 is 0 Å². The first kappa shape index (κ1) is 13.3. The van der Waals surface area contributed by atoms with E-state index in [2.05, 4.69) is 26.8 Å². The molecule has 0 fully saturated rings. The summed E-state index contributed by atoms with van der Waals surface area (Å²) in [6.07, 6.45) is 7.44. The predicted molar refractivity (Wildman–Crippen MR) is 62.2 cm³/mol. The number of nitrogens with two attached hydrogens (primary N) is 1. The molecule has 0 aromatic rings. The van der Waals surface area contributed by atoms with Crippen molar-refractivity contribution in [1.82, 2.24) is 10.5 Å². The van der Waals surface area contributed by atoms with E-state index in [-0.39, 0.29) is 0 Å². The van der Waals surface area contributed by atoms with Crippen molar-refractivity contribution in [1.29, 1.82) is 0 Å². The lowest BCUT2D eigenvalue weighted by Crippen LogP contribution is -2.34. The van der Waals surface area contributed by atoms with Crippen molar-refractivity contribution < 1.29 is 0 Å². The lowest BCUT2D eigenvalue weighted by molar-refractivity contribution is 0.438. The van der Waals surface area contributed by atoms with E-state index >= 15 is 0 Å². The van der Waals surface area contributed by atoms with Crippen LogP contribution in [0.25, 0.3) is 0 Å². The largest absolute Gasteiger partial charge is 0.301 e. The topological polar surface area (TPSA) is 50.1 Å². The number of rotatable bonds is 9. The SMILES string of the molecule is CCCC(CCCCCNP)NN. The van der Waals surface area contributed by atoms with Gasteiger partial charge < -0.3 is 5.09 Å². The Balaban J connectivity index is 3.17. The third-order valence-electron chi connectivity index (χ3n) is 2.25. The maximum Gasteiger partial charge on any atom is 0.0210 e. The second-order valence-electron chi connectivity index (χ2n) is 3.46. The summed E-state index contributed by atoms with van der Waals surface area (Å²) < 4.78 is 0. The van der Waals surface area contributed by atoms with Crippen LogP contribution in [0.15, 0.2) is 0 Å². The van der Waals surface area contributed by atoms with Crippen molar-refractivity contribution in [2.75, 3.05) is 6.54 Å². The lowest BCUT2D eigenvalue weighted by Gasteiger charge is -2.14. The first-order chi connectivity index (χ1) is 6.35. The van der Waals surface area contributed by atoms with Crippen LogP contribution < -0.4 is 16.4 Å². The number of unbranched alkanes of at least 4 members (excludes halogenated alkanes) is 2. The molecule has 0 aromatic heterocycles. The summed E-state index contributed by atoms with van der Waals surface area (Å²) in [6, 6.07) is 0.522. The second-order valence-corrected chi connectivity index (χ2v) is 3.86. The molecule has 0 aromatic carbocycles. The third kappa shape index (κ3) is 8.63. The third-order valence-corrected chi connectivity index (χ3v) is 2.54.